The summed E-state index contributed by atoms with van der Waals surface area (Å²) in [7, 11) is 0. The third-order valence-electron chi connectivity index (χ3n) is 16.1. The van der Waals surface area contributed by atoms with Gasteiger partial charge in [-0.05, 0) is 88.1 Å². The van der Waals surface area contributed by atoms with Crippen LogP contribution in [0.25, 0.3) is 0 Å². The van der Waals surface area contributed by atoms with Gasteiger partial charge in [0.25, 0.3) is 5.91 Å². The van der Waals surface area contributed by atoms with E-state index in [1.54, 1.807) is 60.7 Å². The van der Waals surface area contributed by atoms with Gasteiger partial charge in [0, 0.05) is 32.2 Å². The average molecular weight is 1420 g/mol. The maximum absolute atomic E-state index is 14.4. The van der Waals surface area contributed by atoms with E-state index in [2.05, 4.69) is 64.6 Å². The molecule has 14 atom stereocenters. The van der Waals surface area contributed by atoms with E-state index in [0.717, 1.165) is 18.7 Å². The van der Waals surface area contributed by atoms with Crippen LogP contribution in [0.3, 0.4) is 0 Å². The highest BCUT2D eigenvalue weighted by molar-refractivity contribution is 6.01. The van der Waals surface area contributed by atoms with Crippen LogP contribution in [0.1, 0.15) is 95.2 Å². The number of phenolic OH excluding ortho intramolecular Hbond substituents is 1. The van der Waals surface area contributed by atoms with Gasteiger partial charge >= 0.3 is 17.9 Å². The van der Waals surface area contributed by atoms with E-state index in [1.807, 2.05) is 0 Å². The molecule has 0 saturated carbocycles. The number of phenols is 1. The smallest absolute Gasteiger partial charge is 0.326 e. The van der Waals surface area contributed by atoms with Crippen LogP contribution in [0.4, 0.5) is 0 Å². The molecule has 1 fully saturated rings. The molecular formula is C65H92N14O22+2. The monoisotopic (exact) mass is 1420 g/mol. The minimum absolute atomic E-state index is 0.0712. The third kappa shape index (κ3) is 27.5. The Bertz CT molecular complexity index is 3380. The molecule has 12 amide bonds. The molecular weight excluding hydrogens is 1330 g/mol. The Hall–Kier alpha value is -10.7. The first-order valence-corrected chi connectivity index (χ1v) is 32.5. The van der Waals surface area contributed by atoms with Crippen molar-refractivity contribution in [2.45, 2.75) is 183 Å². The van der Waals surface area contributed by atoms with Gasteiger partial charge in [0.2, 0.25) is 65.0 Å². The van der Waals surface area contributed by atoms with E-state index >= 15 is 0 Å². The zero-order valence-electron chi connectivity index (χ0n) is 56.0. The van der Waals surface area contributed by atoms with Crippen molar-refractivity contribution in [3.63, 3.8) is 0 Å². The van der Waals surface area contributed by atoms with Crippen molar-refractivity contribution in [3.05, 3.63) is 102 Å². The molecule has 0 unspecified atom stereocenters. The molecule has 0 bridgehead atoms. The van der Waals surface area contributed by atoms with E-state index in [1.165, 1.54) is 31.2 Å². The van der Waals surface area contributed by atoms with Crippen molar-refractivity contribution in [2.24, 2.45) is 5.73 Å². The number of primary amides is 1. The van der Waals surface area contributed by atoms with Gasteiger partial charge < -0.3 is 111 Å². The largest absolute Gasteiger partial charge is 0.508 e. The molecule has 25 N–H and O–H groups in total. The number of hydrogen-bond acceptors (Lipinski definition) is 19. The van der Waals surface area contributed by atoms with Gasteiger partial charge in [0.1, 0.15) is 72.2 Å². The highest BCUT2D eigenvalue weighted by Crippen LogP contribution is 2.21. The summed E-state index contributed by atoms with van der Waals surface area (Å²) in [6, 6.07) is 1.92. The summed E-state index contributed by atoms with van der Waals surface area (Å²) in [5.41, 5.74) is 14.5. The lowest BCUT2D eigenvalue weighted by atomic mass is 10.0. The minimum atomic E-state index is -2.12. The van der Waals surface area contributed by atoms with Crippen LogP contribution in [-0.2, 0) is 91.2 Å². The topological polar surface area (TPSA) is 602 Å². The number of rotatable bonds is 42. The first-order valence-electron chi connectivity index (χ1n) is 32.5. The number of hydrogen-bond donors (Lipinski definition) is 20. The van der Waals surface area contributed by atoms with Crippen LogP contribution in [0.2, 0.25) is 0 Å². The number of aliphatic carboxylic acids is 3. The SMILES string of the molecule is C[C@H](NC(=O)[C@@H](NC(=O)[C@H](Cc1ccccc1)NC(=O)[C@@H]1CCCN1C(=O)[C@H](CC(=O)O)NC(=O)[C@@H](NC(=O)[C@H](CO)NC(=O)[C@H](CCC(=O)O)NC(=O)[C@H](Cc1ccc(O)cc1)NC(=O)[C@H](CC(N)=O)NC(=O)[C@@H]([NH3+])Cc1ccccc1)[C@@H](C)O)[C@@H](C)O)C(=O)N[C@@H](CCCC[NH3+])C(=O)O. The molecule has 1 heterocycles. The van der Waals surface area contributed by atoms with Crippen molar-refractivity contribution in [2.75, 3.05) is 19.7 Å². The Morgan fingerprint density at radius 1 is 0.505 bits per heavy atom. The predicted molar refractivity (Wildman–Crippen MR) is 351 cm³/mol. The van der Waals surface area contributed by atoms with E-state index in [-0.39, 0.29) is 50.0 Å². The Morgan fingerprint density at radius 3 is 1.50 bits per heavy atom. The van der Waals surface area contributed by atoms with Crippen molar-refractivity contribution in [1.82, 2.24) is 58.1 Å². The summed E-state index contributed by atoms with van der Waals surface area (Å²) in [5, 5.41) is 94.4. The number of nitrogens with one attached hydrogen (secondary N) is 10. The van der Waals surface area contributed by atoms with Crippen LogP contribution in [-0.4, -0.2) is 234 Å². The number of amides is 12. The number of quaternary nitrogens is 2. The lowest BCUT2D eigenvalue weighted by molar-refractivity contribution is -0.403. The molecule has 4 rings (SSSR count). The Labute approximate surface area is 579 Å². The lowest BCUT2D eigenvalue weighted by Gasteiger charge is -2.31. The number of benzene rings is 3. The molecule has 1 aliphatic rings. The molecule has 36 nitrogen and oxygen atoms in total. The van der Waals surface area contributed by atoms with Gasteiger partial charge in [-0.25, -0.2) is 4.79 Å². The third-order valence-corrected chi connectivity index (χ3v) is 16.1. The molecule has 552 valence electrons. The van der Waals surface area contributed by atoms with Gasteiger partial charge in [-0.3, -0.25) is 67.1 Å². The van der Waals surface area contributed by atoms with E-state index in [0.29, 0.717) is 30.5 Å². The zero-order valence-corrected chi connectivity index (χ0v) is 56.0. The van der Waals surface area contributed by atoms with Crippen LogP contribution in [0.5, 0.6) is 5.75 Å². The molecule has 3 aromatic carbocycles. The molecule has 1 aliphatic heterocycles. The molecule has 0 radical (unpaired) electrons. The van der Waals surface area contributed by atoms with E-state index in [4.69, 9.17) is 5.73 Å². The molecule has 36 heteroatoms. The normalized spacial score (nSPS) is 16.4. The summed E-state index contributed by atoms with van der Waals surface area (Å²) in [5.74, 6) is -18.2. The maximum Gasteiger partial charge on any atom is 0.326 e. The number of aromatic hydroxyl groups is 1. The summed E-state index contributed by atoms with van der Waals surface area (Å²) in [6.45, 7) is 2.39. The van der Waals surface area contributed by atoms with Gasteiger partial charge in [0.15, 0.2) is 6.04 Å². The molecule has 0 aliphatic carbocycles. The fourth-order valence-corrected chi connectivity index (χ4v) is 10.5. The summed E-state index contributed by atoms with van der Waals surface area (Å²) >= 11 is 0. The van der Waals surface area contributed by atoms with Gasteiger partial charge in [-0.1, -0.05) is 72.8 Å². The standard InChI is InChI=1S/C65H90N14O22/c1-33(54(89)71-42(65(100)101)17-10-11-25-66)69-62(97)52(34(2)81)77-59(94)44(28-37-15-8-5-9-16-37)74-61(96)48-18-12-26-79(48)64(99)46(31-51(87)88)75-63(98)53(35(3)82)78-60(95)47(32-80)76-56(91)41(23-24-50(85)86)70-57(92)43(29-38-19-21-39(83)22-20-38)73-58(93)45(30-49(68)84)72-55(90)40(67)27-36-13-6-4-7-14-36/h4-9,13-16,19-22,33-35,40-48,52-53,80-83H,10-12,17-18,23-32,66-67H2,1-3H3,(H2,68,84)(H,69,97)(H,70,92)(H,71,89)(H,72,90)(H,73,93)(H,74,96)(H,75,98)(H,76,91)(H,77,94)(H,78,95)(H,85,86)(H,87,88)(H,100,101)/p+2/t33-,34+,35+,40-,41-,42-,43-,44-,45-,46-,47-,48-,52-,53-/m0/s1. The van der Waals surface area contributed by atoms with Crippen LogP contribution < -0.4 is 70.4 Å². The number of unbranched alkanes of at least 4 members (excludes halogenated alkanes) is 1. The number of nitrogens with zero attached hydrogens (tertiary/aromatic N) is 1. The molecule has 0 spiro atoms. The van der Waals surface area contributed by atoms with Crippen molar-refractivity contribution in [1.29, 1.82) is 0 Å². The number of carboxylic acid groups (broad SMARTS) is 3. The lowest BCUT2D eigenvalue weighted by Crippen LogP contribution is -2.70. The molecule has 3 aromatic rings. The Balaban J connectivity index is 1.52. The Kier molecular flexibility index (Phi) is 33.6. The van der Waals surface area contributed by atoms with Crippen molar-refractivity contribution >= 4 is 88.8 Å². The second kappa shape index (κ2) is 41.0. The van der Waals surface area contributed by atoms with E-state index < -0.39 is 212 Å². The maximum atomic E-state index is 14.4. The van der Waals surface area contributed by atoms with Crippen LogP contribution >= 0.6 is 0 Å². The van der Waals surface area contributed by atoms with Crippen LogP contribution in [0, 0.1) is 0 Å². The minimum Gasteiger partial charge on any atom is -0.508 e. The Morgan fingerprint density at radius 2 is 0.970 bits per heavy atom. The van der Waals surface area contributed by atoms with Crippen molar-refractivity contribution in [3.8, 4) is 5.75 Å². The number of aliphatic hydroxyl groups is 3. The van der Waals surface area contributed by atoms with Crippen LogP contribution in [0.15, 0.2) is 84.9 Å². The first kappa shape index (κ1) is 82.7. The van der Waals surface area contributed by atoms with Gasteiger partial charge in [0.05, 0.1) is 38.2 Å². The number of carbonyl (C=O) groups excluding carboxylic acids is 12. The second-order valence-electron chi connectivity index (χ2n) is 24.3. The van der Waals surface area contributed by atoms with Gasteiger partial charge in [-0.2, -0.15) is 0 Å². The fraction of sp³-hybridized carbons (Fsp3) is 0.492. The number of carboxylic acids is 3. The highest BCUT2D eigenvalue weighted by Gasteiger charge is 2.42. The number of nitrogens with two attached hydrogens (primary N) is 1. The highest BCUT2D eigenvalue weighted by atomic mass is 16.4. The first-order chi connectivity index (χ1) is 47.7. The number of likely N-dealkylation sites (tertiary alicyclic amines) is 1. The van der Waals surface area contributed by atoms with Crippen molar-refractivity contribution < 1.29 is 119 Å². The number of carbonyl (C=O) groups is 15. The second-order valence-corrected chi connectivity index (χ2v) is 24.3. The number of aliphatic hydroxyl groups excluding tert-OH is 3. The molecule has 101 heavy (non-hydrogen) atoms. The average Bonchev–Trinajstić information content (AvgIpc) is 1.74. The summed E-state index contributed by atoms with van der Waals surface area (Å²) in [6.07, 6.45) is -6.45. The summed E-state index contributed by atoms with van der Waals surface area (Å²) in [4.78, 5) is 202. The molecule has 1 saturated heterocycles. The fourth-order valence-electron chi connectivity index (χ4n) is 10.5. The zero-order chi connectivity index (χ0) is 75.2. The van der Waals surface area contributed by atoms with Gasteiger partial charge in [-0.15, -0.1) is 0 Å². The van der Waals surface area contributed by atoms with E-state index in [9.17, 15) is 108 Å². The quantitative estimate of drug-likeness (QED) is 0.0234. The predicted octanol–water partition coefficient (Wildman–Crippen LogP) is -7.64. The summed E-state index contributed by atoms with van der Waals surface area (Å²) < 4.78 is 0. The molecule has 0 aromatic heterocycles.